The number of nitrogens with zero attached hydrogens (tertiary/aromatic N) is 2. The second-order valence-corrected chi connectivity index (χ2v) is 6.42. The number of carboxylic acid groups (broad SMARTS) is 1. The molecule has 0 amide bonds. The van der Waals surface area contributed by atoms with Crippen LogP contribution < -0.4 is 5.73 Å². The summed E-state index contributed by atoms with van der Waals surface area (Å²) in [5.41, 5.74) is 8.40. The van der Waals surface area contributed by atoms with E-state index in [4.69, 9.17) is 15.3 Å². The van der Waals surface area contributed by atoms with E-state index in [9.17, 15) is 4.79 Å². The molecule has 3 aromatic rings. The minimum atomic E-state index is -1.00. The van der Waals surface area contributed by atoms with Gasteiger partial charge in [0.25, 0.3) is 5.22 Å². The molecule has 0 saturated heterocycles. The highest BCUT2D eigenvalue weighted by molar-refractivity contribution is 7.98. The average Bonchev–Trinajstić information content (AvgIpc) is 3.10. The zero-order valence-corrected chi connectivity index (χ0v) is 14.1. The standard InChI is InChI=1S/C18H17N3O3S/c19-15(17(22)23)10-12-5-4-6-13(9-12)11-25-18-21-20-16(24-18)14-7-2-1-3-8-14/h1-9,15H,10-11,19H2,(H,22,23). The van der Waals surface area contributed by atoms with E-state index in [-0.39, 0.29) is 0 Å². The molecule has 7 heteroatoms. The first kappa shape index (κ1) is 17.2. The van der Waals surface area contributed by atoms with E-state index in [2.05, 4.69) is 10.2 Å². The van der Waals surface area contributed by atoms with E-state index in [0.717, 1.165) is 16.7 Å². The lowest BCUT2D eigenvalue weighted by Gasteiger charge is -2.07. The fraction of sp³-hybridized carbons (Fsp3) is 0.167. The Kier molecular flexibility index (Phi) is 5.47. The molecule has 1 heterocycles. The van der Waals surface area contributed by atoms with Crippen molar-refractivity contribution in [3.63, 3.8) is 0 Å². The number of hydrogen-bond acceptors (Lipinski definition) is 6. The summed E-state index contributed by atoms with van der Waals surface area (Å²) in [6.07, 6.45) is 0.298. The van der Waals surface area contributed by atoms with Crippen LogP contribution in [0.25, 0.3) is 11.5 Å². The van der Waals surface area contributed by atoms with Crippen molar-refractivity contribution in [1.82, 2.24) is 10.2 Å². The number of nitrogens with two attached hydrogens (primary N) is 1. The van der Waals surface area contributed by atoms with Crippen LogP contribution in [0.4, 0.5) is 0 Å². The van der Waals surface area contributed by atoms with Gasteiger partial charge in [0.15, 0.2) is 0 Å². The Hall–Kier alpha value is -2.64. The number of rotatable bonds is 7. The Bertz CT molecular complexity index is 852. The van der Waals surface area contributed by atoms with Gasteiger partial charge in [0.2, 0.25) is 5.89 Å². The van der Waals surface area contributed by atoms with Gasteiger partial charge in [-0.25, -0.2) is 0 Å². The Morgan fingerprint density at radius 1 is 1.12 bits per heavy atom. The highest BCUT2D eigenvalue weighted by atomic mass is 32.2. The Morgan fingerprint density at radius 3 is 2.64 bits per heavy atom. The van der Waals surface area contributed by atoms with Gasteiger partial charge in [-0.15, -0.1) is 10.2 Å². The molecule has 2 aromatic carbocycles. The van der Waals surface area contributed by atoms with Crippen LogP contribution >= 0.6 is 11.8 Å². The van der Waals surface area contributed by atoms with Crippen LogP contribution in [0.15, 0.2) is 64.2 Å². The van der Waals surface area contributed by atoms with E-state index >= 15 is 0 Å². The Labute approximate surface area is 149 Å². The van der Waals surface area contributed by atoms with Crippen molar-refractivity contribution in [2.24, 2.45) is 5.73 Å². The first-order valence-corrected chi connectivity index (χ1v) is 8.68. The van der Waals surface area contributed by atoms with Crippen LogP contribution in [0.2, 0.25) is 0 Å². The zero-order chi connectivity index (χ0) is 17.6. The van der Waals surface area contributed by atoms with Crippen molar-refractivity contribution in [3.05, 3.63) is 65.7 Å². The summed E-state index contributed by atoms with van der Waals surface area (Å²) in [5.74, 6) is 0.135. The molecule has 0 saturated carbocycles. The summed E-state index contributed by atoms with van der Waals surface area (Å²) in [4.78, 5) is 10.9. The summed E-state index contributed by atoms with van der Waals surface area (Å²) in [6, 6.07) is 16.4. The molecule has 25 heavy (non-hydrogen) atoms. The third-order valence-corrected chi connectivity index (χ3v) is 4.44. The quantitative estimate of drug-likeness (QED) is 0.628. The third kappa shape index (κ3) is 4.68. The number of benzene rings is 2. The number of aromatic nitrogens is 2. The van der Waals surface area contributed by atoms with Crippen LogP contribution in [0.3, 0.4) is 0 Å². The zero-order valence-electron chi connectivity index (χ0n) is 13.3. The first-order chi connectivity index (χ1) is 12.1. The minimum Gasteiger partial charge on any atom is -0.480 e. The molecule has 0 aliphatic heterocycles. The number of carbonyl (C=O) groups is 1. The van der Waals surface area contributed by atoms with Gasteiger partial charge in [-0.3, -0.25) is 4.79 Å². The SMILES string of the molecule is NC(Cc1cccc(CSc2nnc(-c3ccccc3)o2)c1)C(=O)O. The van der Waals surface area contributed by atoms with E-state index in [1.54, 1.807) is 0 Å². The third-order valence-electron chi connectivity index (χ3n) is 3.55. The lowest BCUT2D eigenvalue weighted by molar-refractivity contribution is -0.138. The number of aliphatic carboxylic acids is 1. The lowest BCUT2D eigenvalue weighted by Crippen LogP contribution is -2.32. The topological polar surface area (TPSA) is 102 Å². The van der Waals surface area contributed by atoms with E-state index < -0.39 is 12.0 Å². The Morgan fingerprint density at radius 2 is 1.88 bits per heavy atom. The van der Waals surface area contributed by atoms with Gasteiger partial charge in [0, 0.05) is 11.3 Å². The maximum Gasteiger partial charge on any atom is 0.320 e. The molecule has 3 N–H and O–H groups in total. The largest absolute Gasteiger partial charge is 0.480 e. The fourth-order valence-electron chi connectivity index (χ4n) is 2.30. The first-order valence-electron chi connectivity index (χ1n) is 7.70. The van der Waals surface area contributed by atoms with Crippen LogP contribution in [0, 0.1) is 0 Å². The molecular formula is C18H17N3O3S. The molecule has 1 aromatic heterocycles. The van der Waals surface area contributed by atoms with Crippen molar-refractivity contribution in [2.75, 3.05) is 0 Å². The highest BCUT2D eigenvalue weighted by Crippen LogP contribution is 2.25. The monoisotopic (exact) mass is 355 g/mol. The van der Waals surface area contributed by atoms with Gasteiger partial charge >= 0.3 is 5.97 Å². The molecule has 0 bridgehead atoms. The molecule has 0 aliphatic carbocycles. The summed E-state index contributed by atoms with van der Waals surface area (Å²) < 4.78 is 5.66. The number of thioether (sulfide) groups is 1. The molecule has 0 spiro atoms. The molecule has 128 valence electrons. The van der Waals surface area contributed by atoms with Gasteiger partial charge in [-0.05, 0) is 29.7 Å². The van der Waals surface area contributed by atoms with Crippen LogP contribution in [0.5, 0.6) is 0 Å². The summed E-state index contributed by atoms with van der Waals surface area (Å²) in [5, 5.41) is 17.5. The average molecular weight is 355 g/mol. The van der Waals surface area contributed by atoms with E-state index in [0.29, 0.717) is 23.3 Å². The summed E-state index contributed by atoms with van der Waals surface area (Å²) in [7, 11) is 0. The van der Waals surface area contributed by atoms with E-state index in [1.165, 1.54) is 11.8 Å². The van der Waals surface area contributed by atoms with Crippen molar-refractivity contribution in [1.29, 1.82) is 0 Å². The van der Waals surface area contributed by atoms with Gasteiger partial charge < -0.3 is 15.3 Å². The number of hydrogen-bond donors (Lipinski definition) is 2. The maximum atomic E-state index is 10.9. The van der Waals surface area contributed by atoms with Crippen molar-refractivity contribution >= 4 is 17.7 Å². The number of carboxylic acids is 1. The minimum absolute atomic E-state index is 0.298. The van der Waals surface area contributed by atoms with Crippen molar-refractivity contribution in [3.8, 4) is 11.5 Å². The fourth-order valence-corrected chi connectivity index (χ4v) is 3.00. The normalized spacial score (nSPS) is 12.0. The van der Waals surface area contributed by atoms with Gasteiger partial charge in [-0.1, -0.05) is 54.2 Å². The molecule has 6 nitrogen and oxygen atoms in total. The van der Waals surface area contributed by atoms with Crippen LogP contribution in [-0.4, -0.2) is 27.3 Å². The maximum absolute atomic E-state index is 10.9. The highest BCUT2D eigenvalue weighted by Gasteiger charge is 2.13. The van der Waals surface area contributed by atoms with Gasteiger partial charge in [0.1, 0.15) is 6.04 Å². The Balaban J connectivity index is 1.62. The summed E-state index contributed by atoms with van der Waals surface area (Å²) >= 11 is 1.44. The molecule has 1 unspecified atom stereocenters. The smallest absolute Gasteiger partial charge is 0.320 e. The molecule has 1 atom stereocenters. The van der Waals surface area contributed by atoms with Crippen molar-refractivity contribution < 1.29 is 14.3 Å². The second kappa shape index (κ2) is 7.96. The van der Waals surface area contributed by atoms with Gasteiger partial charge in [-0.2, -0.15) is 0 Å². The van der Waals surface area contributed by atoms with Crippen LogP contribution in [-0.2, 0) is 17.0 Å². The van der Waals surface area contributed by atoms with Crippen molar-refractivity contribution in [2.45, 2.75) is 23.4 Å². The van der Waals surface area contributed by atoms with Gasteiger partial charge in [0.05, 0.1) is 0 Å². The van der Waals surface area contributed by atoms with E-state index in [1.807, 2.05) is 54.6 Å². The summed E-state index contributed by atoms with van der Waals surface area (Å²) in [6.45, 7) is 0. The molecule has 0 fully saturated rings. The predicted molar refractivity (Wildman–Crippen MR) is 95.1 cm³/mol. The lowest BCUT2D eigenvalue weighted by atomic mass is 10.0. The molecule has 0 radical (unpaired) electrons. The molecule has 3 rings (SSSR count). The predicted octanol–water partition coefficient (Wildman–Crippen LogP) is 2.98. The second-order valence-electron chi connectivity index (χ2n) is 5.50. The molecule has 0 aliphatic rings. The van der Waals surface area contributed by atoms with Crippen LogP contribution in [0.1, 0.15) is 11.1 Å². The molecular weight excluding hydrogens is 338 g/mol.